The van der Waals surface area contributed by atoms with Crippen LogP contribution in [-0.2, 0) is 6.61 Å². The number of nitrogens with zero attached hydrogens (tertiary/aromatic N) is 2. The molecule has 0 aliphatic rings. The van der Waals surface area contributed by atoms with Gasteiger partial charge in [-0.05, 0) is 30.5 Å². The van der Waals surface area contributed by atoms with Crippen molar-refractivity contribution in [2.75, 3.05) is 6.26 Å². The van der Waals surface area contributed by atoms with Crippen molar-refractivity contribution in [3.05, 3.63) is 41.3 Å². The fourth-order valence-corrected chi connectivity index (χ4v) is 1.87. The number of ether oxygens (including phenoxy) is 1. The Morgan fingerprint density at radius 2 is 2.17 bits per heavy atom. The van der Waals surface area contributed by atoms with Gasteiger partial charge in [0.15, 0.2) is 5.75 Å². The van der Waals surface area contributed by atoms with Gasteiger partial charge in [-0.15, -0.1) is 11.8 Å². The Hall–Kier alpha value is -1.30. The third-order valence-electron chi connectivity index (χ3n) is 2.19. The van der Waals surface area contributed by atoms with Gasteiger partial charge in [0.2, 0.25) is 0 Å². The van der Waals surface area contributed by atoms with Gasteiger partial charge >= 0.3 is 0 Å². The Morgan fingerprint density at radius 1 is 1.33 bits per heavy atom. The molecule has 0 aliphatic carbocycles. The van der Waals surface area contributed by atoms with Crippen LogP contribution in [0.15, 0.2) is 35.5 Å². The van der Waals surface area contributed by atoms with E-state index in [1.54, 1.807) is 30.1 Å². The van der Waals surface area contributed by atoms with Crippen molar-refractivity contribution in [1.82, 2.24) is 9.97 Å². The van der Waals surface area contributed by atoms with Crippen molar-refractivity contribution >= 4 is 23.4 Å². The van der Waals surface area contributed by atoms with E-state index in [9.17, 15) is 5.11 Å². The number of rotatable bonds is 4. The number of halogens is 1. The Labute approximate surface area is 114 Å². The molecule has 2 rings (SSSR count). The maximum atomic E-state index is 9.18. The van der Waals surface area contributed by atoms with Crippen LogP contribution in [0.4, 0.5) is 0 Å². The van der Waals surface area contributed by atoms with Crippen LogP contribution in [0.2, 0.25) is 5.15 Å². The minimum atomic E-state index is -0.230. The van der Waals surface area contributed by atoms with Gasteiger partial charge < -0.3 is 9.84 Å². The van der Waals surface area contributed by atoms with Crippen molar-refractivity contribution in [2.24, 2.45) is 0 Å². The molecule has 0 aromatic carbocycles. The zero-order valence-electron chi connectivity index (χ0n) is 9.63. The van der Waals surface area contributed by atoms with Crippen LogP contribution in [-0.4, -0.2) is 21.3 Å². The number of hydrogen-bond donors (Lipinski definition) is 1. The molecule has 0 saturated heterocycles. The number of pyridine rings is 2. The third-order valence-corrected chi connectivity index (χ3v) is 3.06. The summed E-state index contributed by atoms with van der Waals surface area (Å²) in [5.41, 5.74) is 0.399. The predicted molar refractivity (Wildman–Crippen MR) is 71.3 cm³/mol. The van der Waals surface area contributed by atoms with Crippen LogP contribution in [0.5, 0.6) is 11.5 Å². The number of hydrogen-bond acceptors (Lipinski definition) is 5. The first kappa shape index (κ1) is 13.1. The topological polar surface area (TPSA) is 55.2 Å². The van der Waals surface area contributed by atoms with Crippen LogP contribution >= 0.6 is 23.4 Å². The van der Waals surface area contributed by atoms with Crippen LogP contribution in [0, 0.1) is 0 Å². The summed E-state index contributed by atoms with van der Waals surface area (Å²) >= 11 is 7.30. The normalized spacial score (nSPS) is 10.4. The van der Waals surface area contributed by atoms with Crippen molar-refractivity contribution < 1.29 is 9.84 Å². The highest BCUT2D eigenvalue weighted by atomic mass is 35.5. The Balaban J connectivity index is 2.22. The predicted octanol–water partition coefficient (Wildman–Crippen LogP) is 3.14. The molecule has 18 heavy (non-hydrogen) atoms. The van der Waals surface area contributed by atoms with E-state index in [1.165, 1.54) is 0 Å². The van der Waals surface area contributed by atoms with E-state index in [-0.39, 0.29) is 6.61 Å². The molecule has 2 aromatic heterocycles. The molecule has 0 saturated carbocycles. The van der Waals surface area contributed by atoms with E-state index < -0.39 is 0 Å². The van der Waals surface area contributed by atoms with Gasteiger partial charge in [0.1, 0.15) is 16.6 Å². The molecule has 0 amide bonds. The fraction of sp³-hybridized carbons (Fsp3) is 0.167. The number of aromatic nitrogens is 2. The maximum Gasteiger partial charge on any atom is 0.151 e. The standard InChI is InChI=1S/C12H11ClN2O2S/c1-18-12-5-2-8(6-14-12)17-10-3-4-11(13)15-9(10)7-16/h2-6,16H,7H2,1H3. The number of aliphatic hydroxyl groups is 1. The second-order valence-corrected chi connectivity index (χ2v) is 4.59. The van der Waals surface area contributed by atoms with E-state index >= 15 is 0 Å². The van der Waals surface area contributed by atoms with Crippen molar-refractivity contribution in [3.8, 4) is 11.5 Å². The molecule has 0 atom stereocenters. The highest BCUT2D eigenvalue weighted by Gasteiger charge is 2.07. The summed E-state index contributed by atoms with van der Waals surface area (Å²) in [6.45, 7) is -0.230. The Bertz CT molecular complexity index is 534. The molecule has 0 radical (unpaired) electrons. The quantitative estimate of drug-likeness (QED) is 0.690. The molecule has 0 aliphatic heterocycles. The van der Waals surface area contributed by atoms with Gasteiger partial charge in [0, 0.05) is 0 Å². The molecule has 0 unspecified atom stereocenters. The van der Waals surface area contributed by atoms with Gasteiger partial charge in [-0.1, -0.05) is 11.6 Å². The number of thioether (sulfide) groups is 1. The molecule has 0 spiro atoms. The van der Waals surface area contributed by atoms with Gasteiger partial charge in [-0.25, -0.2) is 9.97 Å². The second-order valence-electron chi connectivity index (χ2n) is 3.38. The average Bonchev–Trinajstić information content (AvgIpc) is 2.41. The minimum absolute atomic E-state index is 0.230. The lowest BCUT2D eigenvalue weighted by Crippen LogP contribution is -1.95. The van der Waals surface area contributed by atoms with E-state index in [4.69, 9.17) is 16.3 Å². The summed E-state index contributed by atoms with van der Waals surface area (Å²) in [5.74, 6) is 1.06. The molecule has 0 bridgehead atoms. The summed E-state index contributed by atoms with van der Waals surface area (Å²) in [7, 11) is 0. The lowest BCUT2D eigenvalue weighted by atomic mass is 10.3. The zero-order valence-corrected chi connectivity index (χ0v) is 11.2. The SMILES string of the molecule is CSc1ccc(Oc2ccc(Cl)nc2CO)cn1. The summed E-state index contributed by atoms with van der Waals surface area (Å²) < 4.78 is 5.60. The first-order valence-electron chi connectivity index (χ1n) is 5.17. The average molecular weight is 283 g/mol. The van der Waals surface area contributed by atoms with E-state index in [2.05, 4.69) is 9.97 Å². The van der Waals surface area contributed by atoms with Gasteiger partial charge in [-0.3, -0.25) is 0 Å². The van der Waals surface area contributed by atoms with Crippen LogP contribution in [0.3, 0.4) is 0 Å². The molecule has 94 valence electrons. The van der Waals surface area contributed by atoms with E-state index in [1.807, 2.05) is 18.4 Å². The summed E-state index contributed by atoms with van der Waals surface area (Å²) in [6, 6.07) is 6.96. The molecule has 6 heteroatoms. The van der Waals surface area contributed by atoms with Crippen molar-refractivity contribution in [3.63, 3.8) is 0 Å². The summed E-state index contributed by atoms with van der Waals surface area (Å²) in [4.78, 5) is 8.18. The Morgan fingerprint density at radius 3 is 2.78 bits per heavy atom. The third kappa shape index (κ3) is 3.13. The van der Waals surface area contributed by atoms with Crippen LogP contribution < -0.4 is 4.74 Å². The van der Waals surface area contributed by atoms with E-state index in [0.29, 0.717) is 22.3 Å². The van der Waals surface area contributed by atoms with Gasteiger partial charge in [0.05, 0.1) is 17.8 Å². The smallest absolute Gasteiger partial charge is 0.151 e. The summed E-state index contributed by atoms with van der Waals surface area (Å²) in [5, 5.41) is 10.4. The van der Waals surface area contributed by atoms with Crippen molar-refractivity contribution in [1.29, 1.82) is 0 Å². The van der Waals surface area contributed by atoms with Crippen LogP contribution in [0.1, 0.15) is 5.69 Å². The summed E-state index contributed by atoms with van der Waals surface area (Å²) in [6.07, 6.45) is 3.58. The van der Waals surface area contributed by atoms with Crippen molar-refractivity contribution in [2.45, 2.75) is 11.6 Å². The van der Waals surface area contributed by atoms with Gasteiger partial charge in [0.25, 0.3) is 0 Å². The Kier molecular flexibility index (Phi) is 4.41. The highest BCUT2D eigenvalue weighted by Crippen LogP contribution is 2.26. The largest absolute Gasteiger partial charge is 0.454 e. The lowest BCUT2D eigenvalue weighted by Gasteiger charge is -2.09. The molecule has 1 N–H and O–H groups in total. The molecular formula is C12H11ClN2O2S. The zero-order chi connectivity index (χ0) is 13.0. The minimum Gasteiger partial charge on any atom is -0.454 e. The van der Waals surface area contributed by atoms with Gasteiger partial charge in [-0.2, -0.15) is 0 Å². The first-order valence-corrected chi connectivity index (χ1v) is 6.77. The molecular weight excluding hydrogens is 272 g/mol. The second kappa shape index (κ2) is 6.04. The fourth-order valence-electron chi connectivity index (χ4n) is 1.34. The highest BCUT2D eigenvalue weighted by molar-refractivity contribution is 7.98. The molecule has 0 fully saturated rings. The monoisotopic (exact) mass is 282 g/mol. The van der Waals surface area contributed by atoms with E-state index in [0.717, 1.165) is 5.03 Å². The molecule has 2 aromatic rings. The first-order chi connectivity index (χ1) is 8.72. The maximum absolute atomic E-state index is 9.18. The van der Waals surface area contributed by atoms with Crippen LogP contribution in [0.25, 0.3) is 0 Å². The molecule has 4 nitrogen and oxygen atoms in total. The lowest BCUT2D eigenvalue weighted by molar-refractivity contribution is 0.271. The number of aliphatic hydroxyl groups excluding tert-OH is 1. The molecule has 2 heterocycles.